The van der Waals surface area contributed by atoms with Crippen molar-refractivity contribution in [1.82, 2.24) is 0 Å². The van der Waals surface area contributed by atoms with Crippen molar-refractivity contribution in [3.8, 4) is 0 Å². The summed E-state index contributed by atoms with van der Waals surface area (Å²) < 4.78 is 26.2. The molecule has 3 rings (SSSR count). The van der Waals surface area contributed by atoms with E-state index in [-0.39, 0.29) is 0 Å². The molecule has 0 amide bonds. The smallest absolute Gasteiger partial charge is 0.160 e. The molecule has 1 nitrogen and oxygen atoms in total. The van der Waals surface area contributed by atoms with E-state index in [4.69, 9.17) is 0 Å². The number of rotatable bonds is 0. The number of piperidine rings is 1. The number of halogens is 2. The third kappa shape index (κ3) is 1.41. The van der Waals surface area contributed by atoms with E-state index in [0.29, 0.717) is 5.92 Å². The fourth-order valence-corrected chi connectivity index (χ4v) is 2.80. The molecule has 0 aliphatic carbocycles. The Morgan fingerprint density at radius 2 is 2.00 bits per heavy atom. The minimum Gasteiger partial charge on any atom is -0.371 e. The molecule has 0 radical (unpaired) electrons. The molecule has 1 fully saturated rings. The monoisotopic (exact) mass is 209 g/mol. The third-order valence-electron chi connectivity index (χ3n) is 3.49. The highest BCUT2D eigenvalue weighted by Gasteiger charge is 2.28. The van der Waals surface area contributed by atoms with Crippen LogP contribution < -0.4 is 4.90 Å². The standard InChI is InChI=1S/C12H13F2N/c13-10-5-9-4-8-2-1-3-15(7-8)12(9)6-11(10)14/h5-6,8H,1-4,7H2. The molecule has 2 aliphatic rings. The number of hydrogen-bond donors (Lipinski definition) is 0. The lowest BCUT2D eigenvalue weighted by Crippen LogP contribution is -2.40. The highest BCUT2D eigenvalue weighted by molar-refractivity contribution is 5.56. The normalized spacial score (nSPS) is 23.9. The minimum absolute atomic E-state index is 0.635. The zero-order valence-corrected chi connectivity index (χ0v) is 8.47. The van der Waals surface area contributed by atoms with Gasteiger partial charge in [-0.15, -0.1) is 0 Å². The maximum absolute atomic E-state index is 13.1. The van der Waals surface area contributed by atoms with E-state index in [9.17, 15) is 8.78 Å². The van der Waals surface area contributed by atoms with Crippen LogP contribution in [0.2, 0.25) is 0 Å². The molecule has 0 aromatic heterocycles. The topological polar surface area (TPSA) is 3.24 Å². The van der Waals surface area contributed by atoms with E-state index in [1.54, 1.807) is 0 Å². The lowest BCUT2D eigenvalue weighted by molar-refractivity contribution is 0.392. The van der Waals surface area contributed by atoms with E-state index in [1.165, 1.54) is 25.0 Å². The van der Waals surface area contributed by atoms with E-state index >= 15 is 0 Å². The Hall–Kier alpha value is -1.12. The molecule has 1 aromatic carbocycles. The zero-order chi connectivity index (χ0) is 10.4. The molecule has 1 atom stereocenters. The van der Waals surface area contributed by atoms with Crippen molar-refractivity contribution in [2.75, 3.05) is 18.0 Å². The van der Waals surface area contributed by atoms with Crippen LogP contribution in [0.25, 0.3) is 0 Å². The maximum Gasteiger partial charge on any atom is 0.160 e. The highest BCUT2D eigenvalue weighted by Crippen LogP contribution is 2.35. The number of benzene rings is 1. The van der Waals surface area contributed by atoms with Crippen LogP contribution >= 0.6 is 0 Å². The first-order valence-electron chi connectivity index (χ1n) is 5.47. The van der Waals surface area contributed by atoms with Gasteiger partial charge in [0.1, 0.15) is 0 Å². The van der Waals surface area contributed by atoms with Crippen LogP contribution in [0.3, 0.4) is 0 Å². The number of anilines is 1. The minimum atomic E-state index is -0.724. The highest BCUT2D eigenvalue weighted by atomic mass is 19.2. The van der Waals surface area contributed by atoms with Crippen LogP contribution in [0.1, 0.15) is 18.4 Å². The van der Waals surface area contributed by atoms with Crippen molar-refractivity contribution < 1.29 is 8.78 Å². The Bertz CT molecular complexity index is 403. The van der Waals surface area contributed by atoms with Crippen molar-refractivity contribution in [3.63, 3.8) is 0 Å². The van der Waals surface area contributed by atoms with Crippen LogP contribution in [0.4, 0.5) is 14.5 Å². The van der Waals surface area contributed by atoms with Crippen LogP contribution in [-0.4, -0.2) is 13.1 Å². The van der Waals surface area contributed by atoms with E-state index in [0.717, 1.165) is 30.8 Å². The molecule has 3 heteroatoms. The molecule has 15 heavy (non-hydrogen) atoms. The summed E-state index contributed by atoms with van der Waals surface area (Å²) >= 11 is 0. The summed E-state index contributed by atoms with van der Waals surface area (Å²) in [5, 5.41) is 0. The second-order valence-electron chi connectivity index (χ2n) is 4.55. The molecule has 1 saturated heterocycles. The van der Waals surface area contributed by atoms with Gasteiger partial charge in [-0.05, 0) is 36.8 Å². The van der Waals surface area contributed by atoms with Gasteiger partial charge in [0.05, 0.1) is 0 Å². The summed E-state index contributed by atoms with van der Waals surface area (Å²) in [5.74, 6) is -0.802. The first-order valence-corrected chi connectivity index (χ1v) is 5.47. The van der Waals surface area contributed by atoms with Crippen LogP contribution in [0.5, 0.6) is 0 Å². The zero-order valence-electron chi connectivity index (χ0n) is 8.47. The molecular weight excluding hydrogens is 196 g/mol. The Kier molecular flexibility index (Phi) is 1.94. The Balaban J connectivity index is 2.09. The largest absolute Gasteiger partial charge is 0.371 e. The van der Waals surface area contributed by atoms with E-state index < -0.39 is 11.6 Å². The predicted octanol–water partition coefficient (Wildman–Crippen LogP) is 2.74. The number of hydrogen-bond acceptors (Lipinski definition) is 1. The number of fused-ring (bicyclic) bond motifs is 4. The summed E-state index contributed by atoms with van der Waals surface area (Å²) in [4.78, 5) is 2.19. The average Bonchev–Trinajstić information content (AvgIpc) is 2.22. The van der Waals surface area contributed by atoms with Gasteiger partial charge in [0.15, 0.2) is 11.6 Å². The van der Waals surface area contributed by atoms with Crippen LogP contribution in [-0.2, 0) is 6.42 Å². The van der Waals surface area contributed by atoms with Gasteiger partial charge < -0.3 is 4.90 Å². The SMILES string of the molecule is Fc1cc2c(cc1F)N1CCCC(C2)C1. The Morgan fingerprint density at radius 3 is 2.87 bits per heavy atom. The lowest BCUT2D eigenvalue weighted by atomic mass is 9.86. The molecule has 0 spiro atoms. The quantitative estimate of drug-likeness (QED) is 0.635. The van der Waals surface area contributed by atoms with Gasteiger partial charge in [0, 0.05) is 24.8 Å². The van der Waals surface area contributed by atoms with Crippen molar-refractivity contribution in [1.29, 1.82) is 0 Å². The molecule has 2 heterocycles. The molecule has 0 saturated carbocycles. The molecule has 1 aromatic rings. The molecular formula is C12H13F2N. The van der Waals surface area contributed by atoms with Gasteiger partial charge in [0.2, 0.25) is 0 Å². The molecule has 80 valence electrons. The second kappa shape index (κ2) is 3.19. The average molecular weight is 209 g/mol. The van der Waals surface area contributed by atoms with E-state index in [1.807, 2.05) is 0 Å². The lowest BCUT2D eigenvalue weighted by Gasteiger charge is -2.40. The fraction of sp³-hybridized carbons (Fsp3) is 0.500. The first kappa shape index (κ1) is 9.13. The summed E-state index contributed by atoms with van der Waals surface area (Å²) in [6.07, 6.45) is 3.29. The molecule has 1 unspecified atom stereocenters. The Morgan fingerprint density at radius 1 is 1.20 bits per heavy atom. The van der Waals surface area contributed by atoms with Crippen molar-refractivity contribution in [2.45, 2.75) is 19.3 Å². The van der Waals surface area contributed by atoms with Crippen molar-refractivity contribution in [3.05, 3.63) is 29.3 Å². The summed E-state index contributed by atoms with van der Waals surface area (Å²) in [7, 11) is 0. The van der Waals surface area contributed by atoms with Gasteiger partial charge in [-0.25, -0.2) is 8.78 Å². The Labute approximate surface area is 87.7 Å². The van der Waals surface area contributed by atoms with Gasteiger partial charge >= 0.3 is 0 Å². The molecule has 2 aliphatic heterocycles. The van der Waals surface area contributed by atoms with Crippen LogP contribution in [0, 0.1) is 17.6 Å². The maximum atomic E-state index is 13.1. The van der Waals surface area contributed by atoms with E-state index in [2.05, 4.69) is 4.90 Å². The van der Waals surface area contributed by atoms with Gasteiger partial charge in [-0.1, -0.05) is 0 Å². The summed E-state index contributed by atoms with van der Waals surface area (Å²) in [5.41, 5.74) is 1.88. The predicted molar refractivity (Wildman–Crippen MR) is 55.0 cm³/mol. The van der Waals surface area contributed by atoms with Gasteiger partial charge in [-0.2, -0.15) is 0 Å². The van der Waals surface area contributed by atoms with Crippen LogP contribution in [0.15, 0.2) is 12.1 Å². The molecule has 2 bridgehead atoms. The summed E-state index contributed by atoms with van der Waals surface area (Å²) in [6, 6.07) is 2.72. The summed E-state index contributed by atoms with van der Waals surface area (Å²) in [6.45, 7) is 1.99. The van der Waals surface area contributed by atoms with Gasteiger partial charge in [-0.3, -0.25) is 0 Å². The second-order valence-corrected chi connectivity index (χ2v) is 4.55. The third-order valence-corrected chi connectivity index (χ3v) is 3.49. The van der Waals surface area contributed by atoms with Crippen molar-refractivity contribution in [2.24, 2.45) is 5.92 Å². The number of nitrogens with zero attached hydrogens (tertiary/aromatic N) is 1. The van der Waals surface area contributed by atoms with Crippen molar-refractivity contribution >= 4 is 5.69 Å². The molecule has 0 N–H and O–H groups in total. The first-order chi connectivity index (χ1) is 7.24. The fourth-order valence-electron chi connectivity index (χ4n) is 2.80. The van der Waals surface area contributed by atoms with Gasteiger partial charge in [0.25, 0.3) is 0 Å².